The van der Waals surface area contributed by atoms with E-state index in [1.165, 1.54) is 10.8 Å². The van der Waals surface area contributed by atoms with Crippen molar-refractivity contribution in [1.29, 1.82) is 0 Å². The molecule has 2 rings (SSSR count). The van der Waals surface area contributed by atoms with Gasteiger partial charge in [-0.05, 0) is 19.1 Å². The Morgan fingerprint density at radius 1 is 1.44 bits per heavy atom. The van der Waals surface area contributed by atoms with Crippen molar-refractivity contribution in [2.24, 2.45) is 0 Å². The lowest BCUT2D eigenvalue weighted by atomic mass is 10.4. The highest BCUT2D eigenvalue weighted by atomic mass is 35.5. The number of hydrogen-bond acceptors (Lipinski definition) is 4. The van der Waals surface area contributed by atoms with Gasteiger partial charge in [-0.3, -0.25) is 9.36 Å². The molecular weight excluding hydrogens is 230 g/mol. The van der Waals surface area contributed by atoms with Gasteiger partial charge >= 0.3 is 0 Å². The SMILES string of the molecule is Cc1nc(O)cc(=O)n1-c1ccnc(Cl)c1. The van der Waals surface area contributed by atoms with Gasteiger partial charge in [-0.1, -0.05) is 11.6 Å². The molecule has 0 saturated heterocycles. The van der Waals surface area contributed by atoms with E-state index in [0.717, 1.165) is 6.07 Å². The Morgan fingerprint density at radius 3 is 2.81 bits per heavy atom. The lowest BCUT2D eigenvalue weighted by Crippen LogP contribution is -2.20. The molecule has 2 aromatic rings. The first-order valence-corrected chi connectivity index (χ1v) is 4.87. The average molecular weight is 238 g/mol. The summed E-state index contributed by atoms with van der Waals surface area (Å²) in [4.78, 5) is 19.3. The van der Waals surface area contributed by atoms with E-state index in [-0.39, 0.29) is 16.6 Å². The van der Waals surface area contributed by atoms with E-state index in [2.05, 4.69) is 9.97 Å². The van der Waals surface area contributed by atoms with Crippen LogP contribution in [0, 0.1) is 6.92 Å². The molecule has 0 radical (unpaired) electrons. The van der Waals surface area contributed by atoms with E-state index in [4.69, 9.17) is 16.7 Å². The quantitative estimate of drug-likeness (QED) is 0.759. The van der Waals surface area contributed by atoms with Crippen LogP contribution in [0.4, 0.5) is 0 Å². The monoisotopic (exact) mass is 237 g/mol. The number of pyridine rings is 1. The number of aromatic hydroxyl groups is 1. The van der Waals surface area contributed by atoms with Crippen molar-refractivity contribution in [3.8, 4) is 11.6 Å². The molecule has 2 heterocycles. The Labute approximate surface area is 96.0 Å². The number of aromatic nitrogens is 3. The summed E-state index contributed by atoms with van der Waals surface area (Å²) >= 11 is 5.73. The van der Waals surface area contributed by atoms with E-state index in [9.17, 15) is 4.79 Å². The van der Waals surface area contributed by atoms with Crippen molar-refractivity contribution >= 4 is 11.6 Å². The zero-order chi connectivity index (χ0) is 11.7. The molecule has 16 heavy (non-hydrogen) atoms. The smallest absolute Gasteiger partial charge is 0.261 e. The largest absolute Gasteiger partial charge is 0.493 e. The first kappa shape index (κ1) is 10.6. The standard InChI is InChI=1S/C10H8ClN3O2/c1-6-13-9(15)5-10(16)14(6)7-2-3-12-8(11)4-7/h2-5,15H,1H3. The number of aryl methyl sites for hydroxylation is 1. The van der Waals surface area contributed by atoms with Crippen LogP contribution in [0.25, 0.3) is 5.69 Å². The maximum absolute atomic E-state index is 11.7. The normalized spacial score (nSPS) is 10.4. The van der Waals surface area contributed by atoms with E-state index in [0.29, 0.717) is 11.5 Å². The molecule has 2 aromatic heterocycles. The topological polar surface area (TPSA) is 68.0 Å². The van der Waals surface area contributed by atoms with Crippen molar-refractivity contribution in [3.05, 3.63) is 45.7 Å². The molecule has 0 aliphatic carbocycles. The first-order valence-electron chi connectivity index (χ1n) is 4.49. The van der Waals surface area contributed by atoms with Gasteiger partial charge in [-0.2, -0.15) is 0 Å². The third-order valence-electron chi connectivity index (χ3n) is 2.04. The molecule has 5 nitrogen and oxygen atoms in total. The molecule has 0 saturated carbocycles. The number of halogens is 1. The number of nitrogens with zero attached hydrogens (tertiary/aromatic N) is 3. The number of rotatable bonds is 1. The zero-order valence-electron chi connectivity index (χ0n) is 8.38. The van der Waals surface area contributed by atoms with Gasteiger partial charge in [0.15, 0.2) is 0 Å². The molecule has 0 aliphatic heterocycles. The second-order valence-corrected chi connectivity index (χ2v) is 3.56. The molecule has 82 valence electrons. The molecule has 6 heteroatoms. The van der Waals surface area contributed by atoms with Gasteiger partial charge < -0.3 is 5.11 Å². The van der Waals surface area contributed by atoms with Gasteiger partial charge in [-0.15, -0.1) is 0 Å². The van der Waals surface area contributed by atoms with Gasteiger partial charge in [0.2, 0.25) is 5.88 Å². The molecule has 0 atom stereocenters. The fraction of sp³-hybridized carbons (Fsp3) is 0.100. The van der Waals surface area contributed by atoms with Gasteiger partial charge in [0.25, 0.3) is 5.56 Å². The summed E-state index contributed by atoms with van der Waals surface area (Å²) in [6.07, 6.45) is 1.50. The minimum atomic E-state index is -0.368. The molecule has 0 amide bonds. The maximum atomic E-state index is 11.7. The highest BCUT2D eigenvalue weighted by molar-refractivity contribution is 6.29. The van der Waals surface area contributed by atoms with Crippen LogP contribution in [-0.4, -0.2) is 19.6 Å². The first-order chi connectivity index (χ1) is 7.58. The molecule has 0 aliphatic rings. The van der Waals surface area contributed by atoms with Gasteiger partial charge in [-0.25, -0.2) is 9.97 Å². The zero-order valence-corrected chi connectivity index (χ0v) is 9.14. The Kier molecular flexibility index (Phi) is 2.62. The van der Waals surface area contributed by atoms with E-state index >= 15 is 0 Å². The van der Waals surface area contributed by atoms with Crippen LogP contribution >= 0.6 is 11.6 Å². The van der Waals surface area contributed by atoms with Crippen molar-refractivity contribution < 1.29 is 5.11 Å². The Bertz CT molecular complexity index is 595. The highest BCUT2D eigenvalue weighted by Crippen LogP contribution is 2.12. The van der Waals surface area contributed by atoms with E-state index in [1.54, 1.807) is 19.1 Å². The second kappa shape index (κ2) is 3.94. The van der Waals surface area contributed by atoms with Crippen molar-refractivity contribution in [2.45, 2.75) is 6.92 Å². The maximum Gasteiger partial charge on any atom is 0.261 e. The van der Waals surface area contributed by atoms with Crippen LogP contribution in [0.15, 0.2) is 29.2 Å². The molecular formula is C10H8ClN3O2. The molecule has 0 fully saturated rings. The minimum Gasteiger partial charge on any atom is -0.493 e. The molecule has 0 spiro atoms. The van der Waals surface area contributed by atoms with Crippen LogP contribution in [0.1, 0.15) is 5.82 Å². The predicted octanol–water partition coefficient (Wildman–Crippen LogP) is 1.29. The molecule has 0 bridgehead atoms. The summed E-state index contributed by atoms with van der Waals surface area (Å²) < 4.78 is 1.34. The van der Waals surface area contributed by atoms with Crippen molar-refractivity contribution in [2.75, 3.05) is 0 Å². The predicted molar refractivity (Wildman–Crippen MR) is 59.0 cm³/mol. The van der Waals surface area contributed by atoms with Crippen LogP contribution in [0.2, 0.25) is 5.15 Å². The highest BCUT2D eigenvalue weighted by Gasteiger charge is 2.06. The van der Waals surface area contributed by atoms with Gasteiger partial charge in [0, 0.05) is 6.20 Å². The summed E-state index contributed by atoms with van der Waals surface area (Å²) in [5.74, 6) is 0.0890. The molecule has 1 N–H and O–H groups in total. The third-order valence-corrected chi connectivity index (χ3v) is 2.25. The summed E-state index contributed by atoms with van der Waals surface area (Å²) in [6, 6.07) is 4.23. The summed E-state index contributed by atoms with van der Waals surface area (Å²) in [5, 5.41) is 9.45. The van der Waals surface area contributed by atoms with Gasteiger partial charge in [0.05, 0.1) is 11.8 Å². The fourth-order valence-electron chi connectivity index (χ4n) is 1.43. The Hall–Kier alpha value is -1.88. The van der Waals surface area contributed by atoms with Crippen molar-refractivity contribution in [1.82, 2.24) is 14.5 Å². The minimum absolute atomic E-state index is 0.289. The van der Waals surface area contributed by atoms with Gasteiger partial charge in [0.1, 0.15) is 11.0 Å². The van der Waals surface area contributed by atoms with E-state index < -0.39 is 0 Å². The molecule has 0 aromatic carbocycles. The average Bonchev–Trinajstić information content (AvgIpc) is 2.15. The van der Waals surface area contributed by atoms with Crippen LogP contribution in [0.3, 0.4) is 0 Å². The lowest BCUT2D eigenvalue weighted by molar-refractivity contribution is 0.447. The third kappa shape index (κ3) is 1.90. The summed E-state index contributed by atoms with van der Waals surface area (Å²) in [5.41, 5.74) is 0.197. The molecule has 0 unspecified atom stereocenters. The Balaban J connectivity index is 2.70. The van der Waals surface area contributed by atoms with Crippen molar-refractivity contribution in [3.63, 3.8) is 0 Å². The van der Waals surface area contributed by atoms with E-state index in [1.807, 2.05) is 0 Å². The van der Waals surface area contributed by atoms with Crippen LogP contribution in [0.5, 0.6) is 5.88 Å². The lowest BCUT2D eigenvalue weighted by Gasteiger charge is -2.08. The fourth-order valence-corrected chi connectivity index (χ4v) is 1.60. The van der Waals surface area contributed by atoms with Crippen LogP contribution < -0.4 is 5.56 Å². The Morgan fingerprint density at radius 2 is 2.19 bits per heavy atom. The summed E-state index contributed by atoms with van der Waals surface area (Å²) in [6.45, 7) is 1.62. The number of hydrogen-bond donors (Lipinski definition) is 1. The van der Waals surface area contributed by atoms with Crippen LogP contribution in [-0.2, 0) is 0 Å². The second-order valence-electron chi connectivity index (χ2n) is 3.17. The summed E-state index contributed by atoms with van der Waals surface area (Å²) in [7, 11) is 0.